The number of carbonyl (C=O) groups excluding carboxylic acids is 1. The summed E-state index contributed by atoms with van der Waals surface area (Å²) in [4.78, 5) is 20.7. The van der Waals surface area contributed by atoms with Gasteiger partial charge < -0.3 is 14.9 Å². The van der Waals surface area contributed by atoms with Crippen molar-refractivity contribution in [3.8, 4) is 0 Å². The van der Waals surface area contributed by atoms with Gasteiger partial charge in [-0.05, 0) is 6.92 Å². The Labute approximate surface area is 62.9 Å². The van der Waals surface area contributed by atoms with E-state index >= 15 is 0 Å². The normalized spacial score (nSPS) is 10.8. The van der Waals surface area contributed by atoms with Crippen LogP contribution in [0.25, 0.3) is 0 Å². The Morgan fingerprint density at radius 1 is 1.55 bits per heavy atom. The first kappa shape index (κ1) is 9.48. The summed E-state index contributed by atoms with van der Waals surface area (Å²) in [5.74, 6) is -2.55. The maximum absolute atomic E-state index is 10.6. The Balaban J connectivity index is 4.29. The van der Waals surface area contributed by atoms with Crippen molar-refractivity contribution < 1.29 is 24.5 Å². The molecule has 2 N–H and O–H groups in total. The van der Waals surface area contributed by atoms with Crippen LogP contribution in [0.3, 0.4) is 0 Å². The van der Waals surface area contributed by atoms with Gasteiger partial charge in [0.05, 0.1) is 6.61 Å². The lowest BCUT2D eigenvalue weighted by molar-refractivity contribution is -0.144. The second kappa shape index (κ2) is 4.32. The van der Waals surface area contributed by atoms with Gasteiger partial charge in [0.15, 0.2) is 5.57 Å². The molecule has 0 spiro atoms. The van der Waals surface area contributed by atoms with Gasteiger partial charge in [0.2, 0.25) is 0 Å². The lowest BCUT2D eigenvalue weighted by Gasteiger charge is -1.99. The molecule has 0 bridgehead atoms. The summed E-state index contributed by atoms with van der Waals surface area (Å²) in [6, 6.07) is 0. The van der Waals surface area contributed by atoms with Crippen molar-refractivity contribution in [2.75, 3.05) is 6.61 Å². The number of carboxylic acids is 1. The van der Waals surface area contributed by atoms with E-state index in [-0.39, 0.29) is 12.9 Å². The highest BCUT2D eigenvalue weighted by molar-refractivity contribution is 6.12. The SMILES string of the molecule is CCOC(=O)/C(=C\O)C(=O)O. The quantitative estimate of drug-likeness (QED) is 0.201. The molecule has 0 aromatic heterocycles. The molecule has 0 aromatic carbocycles. The molecule has 0 atom stereocenters. The van der Waals surface area contributed by atoms with Crippen LogP contribution in [-0.4, -0.2) is 28.8 Å². The molecular weight excluding hydrogens is 152 g/mol. The molecule has 0 aliphatic carbocycles. The maximum atomic E-state index is 10.6. The summed E-state index contributed by atoms with van der Waals surface area (Å²) in [6.45, 7) is 1.61. The molecular formula is C6H8O5. The number of carbonyl (C=O) groups is 2. The van der Waals surface area contributed by atoms with Gasteiger partial charge in [-0.2, -0.15) is 0 Å². The third-order valence-electron chi connectivity index (χ3n) is 0.855. The average molecular weight is 160 g/mol. The van der Waals surface area contributed by atoms with Gasteiger partial charge in [-0.15, -0.1) is 0 Å². The third kappa shape index (κ3) is 2.70. The standard InChI is InChI=1S/C6H8O5/c1-2-11-6(10)4(3-7)5(8)9/h3,7H,2H2,1H3,(H,8,9)/b4-3-. The van der Waals surface area contributed by atoms with E-state index in [4.69, 9.17) is 10.2 Å². The van der Waals surface area contributed by atoms with E-state index in [9.17, 15) is 9.59 Å². The van der Waals surface area contributed by atoms with Crippen molar-refractivity contribution in [3.05, 3.63) is 11.8 Å². The summed E-state index contributed by atoms with van der Waals surface area (Å²) in [5.41, 5.74) is -0.771. The second-order valence-electron chi connectivity index (χ2n) is 1.57. The lowest BCUT2D eigenvalue weighted by Crippen LogP contribution is -2.15. The zero-order valence-electron chi connectivity index (χ0n) is 5.90. The van der Waals surface area contributed by atoms with Crippen LogP contribution >= 0.6 is 0 Å². The molecule has 62 valence electrons. The van der Waals surface area contributed by atoms with Crippen molar-refractivity contribution in [2.24, 2.45) is 0 Å². The van der Waals surface area contributed by atoms with E-state index < -0.39 is 17.5 Å². The summed E-state index contributed by atoms with van der Waals surface area (Å²) in [5, 5.41) is 16.5. The maximum Gasteiger partial charge on any atom is 0.348 e. The predicted molar refractivity (Wildman–Crippen MR) is 35.0 cm³/mol. The molecule has 0 saturated carbocycles. The molecule has 11 heavy (non-hydrogen) atoms. The molecule has 5 nitrogen and oxygen atoms in total. The molecule has 0 radical (unpaired) electrons. The van der Waals surface area contributed by atoms with Crippen LogP contribution in [0.15, 0.2) is 11.8 Å². The Morgan fingerprint density at radius 2 is 2.09 bits per heavy atom. The molecule has 0 heterocycles. The molecule has 0 rings (SSSR count). The van der Waals surface area contributed by atoms with Gasteiger partial charge in [-0.1, -0.05) is 0 Å². The minimum atomic E-state index is -1.51. The molecule has 0 unspecified atom stereocenters. The van der Waals surface area contributed by atoms with E-state index in [2.05, 4.69) is 4.74 Å². The average Bonchev–Trinajstić information content (AvgIpc) is 1.88. The van der Waals surface area contributed by atoms with E-state index in [0.717, 1.165) is 0 Å². The van der Waals surface area contributed by atoms with Gasteiger partial charge in [-0.25, -0.2) is 9.59 Å². The van der Waals surface area contributed by atoms with Crippen molar-refractivity contribution in [1.82, 2.24) is 0 Å². The van der Waals surface area contributed by atoms with Gasteiger partial charge in [-0.3, -0.25) is 0 Å². The van der Waals surface area contributed by atoms with Gasteiger partial charge in [0.1, 0.15) is 6.26 Å². The number of aliphatic hydroxyl groups is 1. The van der Waals surface area contributed by atoms with Crippen LogP contribution in [0.2, 0.25) is 0 Å². The van der Waals surface area contributed by atoms with Gasteiger partial charge in [0.25, 0.3) is 0 Å². The lowest BCUT2D eigenvalue weighted by atomic mass is 10.3. The van der Waals surface area contributed by atoms with Crippen LogP contribution in [0.4, 0.5) is 0 Å². The number of carboxylic acid groups (broad SMARTS) is 1. The van der Waals surface area contributed by atoms with E-state index in [1.54, 1.807) is 0 Å². The first-order chi connectivity index (χ1) is 5.13. The minimum Gasteiger partial charge on any atom is -0.514 e. The fourth-order valence-corrected chi connectivity index (χ4v) is 0.404. The largest absolute Gasteiger partial charge is 0.514 e. The van der Waals surface area contributed by atoms with Crippen LogP contribution in [0.5, 0.6) is 0 Å². The predicted octanol–water partition coefficient (Wildman–Crippen LogP) is 0.0760. The Bertz CT molecular complexity index is 193. The second-order valence-corrected chi connectivity index (χ2v) is 1.57. The number of aliphatic carboxylic acids is 1. The summed E-state index contributed by atoms with van der Waals surface area (Å²) < 4.78 is 4.31. The smallest absolute Gasteiger partial charge is 0.348 e. The Kier molecular flexibility index (Phi) is 3.72. The summed E-state index contributed by atoms with van der Waals surface area (Å²) >= 11 is 0. The number of hydrogen-bond donors (Lipinski definition) is 2. The van der Waals surface area contributed by atoms with E-state index in [1.165, 1.54) is 6.92 Å². The fraction of sp³-hybridized carbons (Fsp3) is 0.333. The van der Waals surface area contributed by atoms with Crippen LogP contribution < -0.4 is 0 Å². The van der Waals surface area contributed by atoms with Crippen LogP contribution in [0, 0.1) is 0 Å². The van der Waals surface area contributed by atoms with Crippen molar-refractivity contribution in [1.29, 1.82) is 0 Å². The summed E-state index contributed by atoms with van der Waals surface area (Å²) in [7, 11) is 0. The van der Waals surface area contributed by atoms with Crippen molar-refractivity contribution >= 4 is 11.9 Å². The van der Waals surface area contributed by atoms with Crippen molar-refractivity contribution in [2.45, 2.75) is 6.92 Å². The summed E-state index contributed by atoms with van der Waals surface area (Å²) in [6.07, 6.45) is 0.209. The molecule has 0 saturated heterocycles. The zero-order valence-corrected chi connectivity index (χ0v) is 5.90. The molecule has 0 amide bonds. The van der Waals surface area contributed by atoms with Crippen LogP contribution in [-0.2, 0) is 14.3 Å². The highest BCUT2D eigenvalue weighted by Crippen LogP contribution is 1.96. The highest BCUT2D eigenvalue weighted by atomic mass is 16.5. The molecule has 0 aliphatic heterocycles. The zero-order chi connectivity index (χ0) is 8.85. The van der Waals surface area contributed by atoms with E-state index in [0.29, 0.717) is 0 Å². The Hall–Kier alpha value is -1.52. The minimum absolute atomic E-state index is 0.0729. The number of hydrogen-bond acceptors (Lipinski definition) is 4. The van der Waals surface area contributed by atoms with Gasteiger partial charge in [0, 0.05) is 0 Å². The van der Waals surface area contributed by atoms with Crippen LogP contribution in [0.1, 0.15) is 6.92 Å². The van der Waals surface area contributed by atoms with Gasteiger partial charge >= 0.3 is 11.9 Å². The first-order valence-corrected chi connectivity index (χ1v) is 2.88. The topological polar surface area (TPSA) is 83.8 Å². The highest BCUT2D eigenvalue weighted by Gasteiger charge is 2.18. The van der Waals surface area contributed by atoms with E-state index in [1.807, 2.05) is 0 Å². The molecule has 0 aliphatic rings. The van der Waals surface area contributed by atoms with Crippen molar-refractivity contribution in [3.63, 3.8) is 0 Å². The fourth-order valence-electron chi connectivity index (χ4n) is 0.404. The third-order valence-corrected chi connectivity index (χ3v) is 0.855. The molecule has 5 heteroatoms. The first-order valence-electron chi connectivity index (χ1n) is 2.88. The molecule has 0 aromatic rings. The monoisotopic (exact) mass is 160 g/mol. The number of aliphatic hydroxyl groups excluding tert-OH is 1. The number of esters is 1. The number of ether oxygens (including phenoxy) is 1. The number of rotatable bonds is 3. The molecule has 0 fully saturated rings. The Morgan fingerprint density at radius 3 is 2.36 bits per heavy atom.